The molecule has 21 heavy (non-hydrogen) atoms. The molecule has 2 aromatic heterocycles. The van der Waals surface area contributed by atoms with Crippen LogP contribution in [0.3, 0.4) is 0 Å². The maximum absolute atomic E-state index is 12.4. The minimum Gasteiger partial charge on any atom is -0.313 e. The summed E-state index contributed by atoms with van der Waals surface area (Å²) in [6.07, 6.45) is 2.29. The number of aromatic amines is 1. The van der Waals surface area contributed by atoms with Crippen molar-refractivity contribution in [2.24, 2.45) is 0 Å². The summed E-state index contributed by atoms with van der Waals surface area (Å²) in [5.74, 6) is 0. The quantitative estimate of drug-likeness (QED) is 0.717. The molecule has 7 nitrogen and oxygen atoms in total. The first-order chi connectivity index (χ1) is 9.97. The number of rotatable bonds is 7. The van der Waals surface area contributed by atoms with Gasteiger partial charge in [-0.1, -0.05) is 13.8 Å². The third-order valence-corrected chi connectivity index (χ3v) is 5.37. The molecule has 0 amide bonds. The molecule has 0 atom stereocenters. The van der Waals surface area contributed by atoms with Gasteiger partial charge >= 0.3 is 0 Å². The Bertz CT molecular complexity index is 705. The van der Waals surface area contributed by atoms with Gasteiger partial charge in [0.1, 0.15) is 0 Å². The number of hydrogen-bond donors (Lipinski definition) is 3. The summed E-state index contributed by atoms with van der Waals surface area (Å²) >= 11 is 1.34. The van der Waals surface area contributed by atoms with E-state index in [2.05, 4.69) is 25.2 Å². The summed E-state index contributed by atoms with van der Waals surface area (Å²) in [5, 5.41) is 9.91. The molecule has 0 spiro atoms. The van der Waals surface area contributed by atoms with Crippen LogP contribution in [0.25, 0.3) is 0 Å². The third-order valence-electron chi connectivity index (χ3n) is 2.96. The zero-order valence-corrected chi connectivity index (χ0v) is 13.9. The molecule has 2 rings (SSSR count). The van der Waals surface area contributed by atoms with Crippen molar-refractivity contribution in [2.45, 2.75) is 38.8 Å². The van der Waals surface area contributed by atoms with Gasteiger partial charge in [0.25, 0.3) is 10.0 Å². The number of thiazole rings is 1. The fourth-order valence-corrected chi connectivity index (χ4v) is 4.15. The average molecular weight is 329 g/mol. The van der Waals surface area contributed by atoms with Crippen LogP contribution in [-0.4, -0.2) is 30.1 Å². The largest absolute Gasteiger partial charge is 0.313 e. The number of anilines is 1. The SMILES string of the molecule is CCNCc1cn[nH]c1S(=O)(=O)Nc1nc(CC)c(C)s1. The van der Waals surface area contributed by atoms with E-state index >= 15 is 0 Å². The molecule has 0 aliphatic carbocycles. The van der Waals surface area contributed by atoms with Crippen LogP contribution in [0, 0.1) is 6.92 Å². The van der Waals surface area contributed by atoms with E-state index in [1.54, 1.807) is 0 Å². The maximum atomic E-state index is 12.4. The van der Waals surface area contributed by atoms with Crippen LogP contribution in [0.2, 0.25) is 0 Å². The number of nitrogens with one attached hydrogen (secondary N) is 3. The molecule has 2 heterocycles. The predicted molar refractivity (Wildman–Crippen MR) is 83.0 cm³/mol. The minimum atomic E-state index is -3.70. The molecule has 2 aromatic rings. The van der Waals surface area contributed by atoms with Crippen molar-refractivity contribution in [3.8, 4) is 0 Å². The first kappa shape index (κ1) is 15.9. The van der Waals surface area contributed by atoms with Crippen LogP contribution >= 0.6 is 11.3 Å². The Kier molecular flexibility index (Phi) is 4.96. The van der Waals surface area contributed by atoms with Gasteiger partial charge in [-0.05, 0) is 19.9 Å². The van der Waals surface area contributed by atoms with Crippen LogP contribution in [0.4, 0.5) is 5.13 Å². The van der Waals surface area contributed by atoms with E-state index < -0.39 is 10.0 Å². The fraction of sp³-hybridized carbons (Fsp3) is 0.500. The minimum absolute atomic E-state index is 0.0781. The number of aromatic nitrogens is 3. The summed E-state index contributed by atoms with van der Waals surface area (Å²) in [5.41, 5.74) is 1.52. The van der Waals surface area contributed by atoms with E-state index in [4.69, 9.17) is 0 Å². The lowest BCUT2D eigenvalue weighted by atomic mass is 10.3. The molecule has 0 bridgehead atoms. The molecule has 3 N–H and O–H groups in total. The second kappa shape index (κ2) is 6.54. The summed E-state index contributed by atoms with van der Waals surface area (Å²) in [6, 6.07) is 0. The molecule has 0 aliphatic rings. The van der Waals surface area contributed by atoms with Gasteiger partial charge in [-0.25, -0.2) is 4.98 Å². The van der Waals surface area contributed by atoms with E-state index in [0.717, 1.165) is 23.5 Å². The Morgan fingerprint density at radius 1 is 1.38 bits per heavy atom. The Labute approximate surface area is 128 Å². The molecular formula is C12H19N5O2S2. The van der Waals surface area contributed by atoms with Crippen molar-refractivity contribution in [3.05, 3.63) is 22.3 Å². The second-order valence-corrected chi connectivity index (χ2v) is 7.31. The standard InChI is InChI=1S/C12H19N5O2S2/c1-4-10-8(3)20-12(15-10)17-21(18,19)11-9(6-13-5-2)7-14-16-11/h7,13H,4-6H2,1-3H3,(H,14,16)(H,15,17). The van der Waals surface area contributed by atoms with Crippen LogP contribution < -0.4 is 10.0 Å². The second-order valence-electron chi connectivity index (χ2n) is 4.49. The number of sulfonamides is 1. The molecule has 0 aromatic carbocycles. The average Bonchev–Trinajstić information content (AvgIpc) is 3.02. The Hall–Kier alpha value is -1.45. The van der Waals surface area contributed by atoms with Crippen LogP contribution in [0.5, 0.6) is 0 Å². The molecule has 0 saturated carbocycles. The van der Waals surface area contributed by atoms with E-state index in [9.17, 15) is 8.42 Å². The highest BCUT2D eigenvalue weighted by molar-refractivity contribution is 7.92. The van der Waals surface area contributed by atoms with Gasteiger partial charge in [0, 0.05) is 17.0 Å². The summed E-state index contributed by atoms with van der Waals surface area (Å²) in [6.45, 7) is 7.08. The van der Waals surface area contributed by atoms with Crippen molar-refractivity contribution < 1.29 is 8.42 Å². The van der Waals surface area contributed by atoms with Crippen molar-refractivity contribution in [1.82, 2.24) is 20.5 Å². The maximum Gasteiger partial charge on any atom is 0.280 e. The highest BCUT2D eigenvalue weighted by Crippen LogP contribution is 2.25. The van der Waals surface area contributed by atoms with Gasteiger partial charge in [-0.2, -0.15) is 13.5 Å². The van der Waals surface area contributed by atoms with Gasteiger partial charge in [0.05, 0.1) is 11.9 Å². The van der Waals surface area contributed by atoms with E-state index in [0.29, 0.717) is 17.2 Å². The summed E-state index contributed by atoms with van der Waals surface area (Å²) in [7, 11) is -3.70. The zero-order chi connectivity index (χ0) is 15.5. The number of nitrogens with zero attached hydrogens (tertiary/aromatic N) is 2. The molecule has 0 saturated heterocycles. The van der Waals surface area contributed by atoms with Gasteiger partial charge < -0.3 is 5.32 Å². The molecule has 116 valence electrons. The van der Waals surface area contributed by atoms with Gasteiger partial charge in [-0.15, -0.1) is 11.3 Å². The molecular weight excluding hydrogens is 310 g/mol. The number of H-pyrrole nitrogens is 1. The van der Waals surface area contributed by atoms with Crippen LogP contribution in [0.1, 0.15) is 30.0 Å². The molecule has 9 heteroatoms. The molecule has 0 radical (unpaired) electrons. The van der Waals surface area contributed by atoms with Gasteiger partial charge in [-0.3, -0.25) is 9.82 Å². The van der Waals surface area contributed by atoms with Crippen LogP contribution in [-0.2, 0) is 23.0 Å². The van der Waals surface area contributed by atoms with Crippen molar-refractivity contribution in [1.29, 1.82) is 0 Å². The monoisotopic (exact) mass is 329 g/mol. The van der Waals surface area contributed by atoms with Crippen molar-refractivity contribution >= 4 is 26.5 Å². The first-order valence-corrected chi connectivity index (χ1v) is 9.00. The molecule has 0 unspecified atom stereocenters. The lowest BCUT2D eigenvalue weighted by Crippen LogP contribution is -2.18. The fourth-order valence-electron chi connectivity index (χ4n) is 1.88. The molecule has 0 aliphatic heterocycles. The van der Waals surface area contributed by atoms with E-state index in [1.165, 1.54) is 17.5 Å². The smallest absolute Gasteiger partial charge is 0.280 e. The Morgan fingerprint density at radius 2 is 2.14 bits per heavy atom. The Balaban J connectivity index is 2.23. The van der Waals surface area contributed by atoms with Gasteiger partial charge in [0.15, 0.2) is 10.2 Å². The molecule has 0 fully saturated rings. The van der Waals surface area contributed by atoms with Gasteiger partial charge in [0.2, 0.25) is 0 Å². The lowest BCUT2D eigenvalue weighted by molar-refractivity contribution is 0.594. The zero-order valence-electron chi connectivity index (χ0n) is 12.2. The predicted octanol–water partition coefficient (Wildman–Crippen LogP) is 1.65. The van der Waals surface area contributed by atoms with Crippen molar-refractivity contribution in [3.63, 3.8) is 0 Å². The van der Waals surface area contributed by atoms with Crippen LogP contribution in [0.15, 0.2) is 11.2 Å². The highest BCUT2D eigenvalue weighted by atomic mass is 32.2. The topological polar surface area (TPSA) is 99.8 Å². The lowest BCUT2D eigenvalue weighted by Gasteiger charge is -2.06. The summed E-state index contributed by atoms with van der Waals surface area (Å²) in [4.78, 5) is 5.31. The number of hydrogen-bond acceptors (Lipinski definition) is 6. The first-order valence-electron chi connectivity index (χ1n) is 6.70. The number of aryl methyl sites for hydroxylation is 2. The summed E-state index contributed by atoms with van der Waals surface area (Å²) < 4.78 is 27.3. The normalized spacial score (nSPS) is 11.8. The van der Waals surface area contributed by atoms with E-state index in [-0.39, 0.29) is 5.03 Å². The third kappa shape index (κ3) is 3.60. The highest BCUT2D eigenvalue weighted by Gasteiger charge is 2.22. The Morgan fingerprint density at radius 3 is 2.76 bits per heavy atom. The van der Waals surface area contributed by atoms with E-state index in [1.807, 2.05) is 20.8 Å². The van der Waals surface area contributed by atoms with Crippen molar-refractivity contribution in [2.75, 3.05) is 11.3 Å².